The number of para-hydroxylation sites is 2. The number of rotatable bonds is 6. The summed E-state index contributed by atoms with van der Waals surface area (Å²) in [6.45, 7) is 5.01. The zero-order valence-electron chi connectivity index (χ0n) is 13.7. The van der Waals surface area contributed by atoms with Crippen molar-refractivity contribution >= 4 is 17.5 Å². The largest absolute Gasteiger partial charge is 0.477 e. The van der Waals surface area contributed by atoms with Crippen LogP contribution < -0.4 is 10.1 Å². The van der Waals surface area contributed by atoms with Crippen molar-refractivity contribution in [1.82, 2.24) is 10.2 Å². The van der Waals surface area contributed by atoms with Gasteiger partial charge in [-0.3, -0.25) is 19.7 Å². The summed E-state index contributed by atoms with van der Waals surface area (Å²) in [4.78, 5) is 35.2. The molecule has 1 aromatic carbocycles. The number of nitro groups is 1. The number of ether oxygens (including phenoxy) is 1. The van der Waals surface area contributed by atoms with Gasteiger partial charge in [0.1, 0.15) is 0 Å². The lowest BCUT2D eigenvalue weighted by molar-refractivity contribution is -0.385. The molecule has 0 aliphatic heterocycles. The Morgan fingerprint density at radius 1 is 1.30 bits per heavy atom. The molecule has 1 aromatic rings. The van der Waals surface area contributed by atoms with Crippen molar-refractivity contribution < 1.29 is 19.2 Å². The molecule has 8 nitrogen and oxygen atoms in total. The molecule has 0 atom stereocenters. The summed E-state index contributed by atoms with van der Waals surface area (Å²) in [6, 6.07) is 5.79. The minimum absolute atomic E-state index is 0.0124. The molecule has 1 rings (SSSR count). The summed E-state index contributed by atoms with van der Waals surface area (Å²) in [5.74, 6) is -0.732. The van der Waals surface area contributed by atoms with Gasteiger partial charge >= 0.3 is 5.69 Å². The first-order valence-electron chi connectivity index (χ1n) is 7.01. The maximum Gasteiger partial charge on any atom is 0.310 e. The fraction of sp³-hybridized carbons (Fsp3) is 0.467. The van der Waals surface area contributed by atoms with E-state index in [2.05, 4.69) is 5.32 Å². The van der Waals surface area contributed by atoms with Gasteiger partial charge in [-0.05, 0) is 26.8 Å². The van der Waals surface area contributed by atoms with Gasteiger partial charge < -0.3 is 15.0 Å². The molecule has 0 aliphatic rings. The molecule has 0 spiro atoms. The van der Waals surface area contributed by atoms with Crippen LogP contribution in [0.15, 0.2) is 24.3 Å². The van der Waals surface area contributed by atoms with Crippen molar-refractivity contribution in [3.05, 3.63) is 34.4 Å². The smallest absolute Gasteiger partial charge is 0.310 e. The summed E-state index contributed by atoms with van der Waals surface area (Å²) in [7, 11) is 1.47. The summed E-state index contributed by atoms with van der Waals surface area (Å²) in [5.41, 5.74) is -0.601. The van der Waals surface area contributed by atoms with E-state index in [0.29, 0.717) is 0 Å². The van der Waals surface area contributed by atoms with Crippen LogP contribution in [0.4, 0.5) is 5.69 Å². The molecule has 0 saturated carbocycles. The predicted octanol–water partition coefficient (Wildman–Crippen LogP) is 1.35. The fourth-order valence-corrected chi connectivity index (χ4v) is 1.74. The monoisotopic (exact) mass is 323 g/mol. The van der Waals surface area contributed by atoms with E-state index in [4.69, 9.17) is 4.74 Å². The van der Waals surface area contributed by atoms with Gasteiger partial charge in [0.25, 0.3) is 5.91 Å². The van der Waals surface area contributed by atoms with E-state index < -0.39 is 10.8 Å². The van der Waals surface area contributed by atoms with E-state index in [0.717, 1.165) is 0 Å². The molecule has 0 heterocycles. The first-order valence-corrected chi connectivity index (χ1v) is 7.01. The normalized spacial score (nSPS) is 10.8. The van der Waals surface area contributed by atoms with Crippen LogP contribution in [0, 0.1) is 10.1 Å². The van der Waals surface area contributed by atoms with Crippen LogP contribution in [-0.4, -0.2) is 47.4 Å². The zero-order chi connectivity index (χ0) is 17.6. The highest BCUT2D eigenvalue weighted by molar-refractivity contribution is 5.85. The lowest BCUT2D eigenvalue weighted by Gasteiger charge is -2.23. The molecule has 126 valence electrons. The molecule has 0 fully saturated rings. The van der Waals surface area contributed by atoms with Crippen LogP contribution in [-0.2, 0) is 9.59 Å². The molecule has 0 aromatic heterocycles. The molecule has 8 heteroatoms. The topological polar surface area (TPSA) is 102 Å². The minimum Gasteiger partial charge on any atom is -0.477 e. The van der Waals surface area contributed by atoms with E-state index in [-0.39, 0.29) is 36.0 Å². The second-order valence-corrected chi connectivity index (χ2v) is 6.06. The summed E-state index contributed by atoms with van der Waals surface area (Å²) < 4.78 is 5.20. The number of amides is 2. The minimum atomic E-state index is -0.583. The van der Waals surface area contributed by atoms with Crippen molar-refractivity contribution in [3.8, 4) is 5.75 Å². The number of benzene rings is 1. The molecule has 0 saturated heterocycles. The average molecular weight is 323 g/mol. The van der Waals surface area contributed by atoms with Gasteiger partial charge in [0.15, 0.2) is 12.4 Å². The Labute approximate surface area is 134 Å². The SMILES string of the molecule is CN(CC(=O)NC(C)(C)C)C(=O)COc1ccccc1[N+](=O)[O-]. The molecule has 1 N–H and O–H groups in total. The van der Waals surface area contributed by atoms with Crippen LogP contribution in [0.25, 0.3) is 0 Å². The molecule has 23 heavy (non-hydrogen) atoms. The second kappa shape index (κ2) is 7.57. The van der Waals surface area contributed by atoms with Gasteiger partial charge in [-0.15, -0.1) is 0 Å². The molecule has 0 bridgehead atoms. The third-order valence-electron chi connectivity index (χ3n) is 2.73. The number of nitrogens with one attached hydrogen (secondary N) is 1. The number of carbonyl (C=O) groups is 2. The molecular formula is C15H21N3O5. The third kappa shape index (κ3) is 6.33. The van der Waals surface area contributed by atoms with Crippen LogP contribution >= 0.6 is 0 Å². The van der Waals surface area contributed by atoms with Crippen molar-refractivity contribution in [3.63, 3.8) is 0 Å². The van der Waals surface area contributed by atoms with E-state index in [1.165, 1.54) is 30.1 Å². The quantitative estimate of drug-likeness (QED) is 0.629. The Morgan fingerprint density at radius 3 is 2.48 bits per heavy atom. The van der Waals surface area contributed by atoms with Gasteiger partial charge in [-0.25, -0.2) is 0 Å². The Morgan fingerprint density at radius 2 is 1.91 bits per heavy atom. The number of hydrogen-bond donors (Lipinski definition) is 1. The Bertz CT molecular complexity index is 595. The second-order valence-electron chi connectivity index (χ2n) is 6.06. The third-order valence-corrected chi connectivity index (χ3v) is 2.73. The number of nitrogens with zero attached hydrogens (tertiary/aromatic N) is 2. The molecular weight excluding hydrogens is 302 g/mol. The van der Waals surface area contributed by atoms with Crippen LogP contribution in [0.3, 0.4) is 0 Å². The number of likely N-dealkylation sites (N-methyl/N-ethyl adjacent to an activating group) is 1. The Balaban J connectivity index is 2.57. The van der Waals surface area contributed by atoms with Crippen molar-refractivity contribution in [2.24, 2.45) is 0 Å². The Hall–Kier alpha value is -2.64. The zero-order valence-corrected chi connectivity index (χ0v) is 13.7. The average Bonchev–Trinajstić information content (AvgIpc) is 2.42. The van der Waals surface area contributed by atoms with Gasteiger partial charge in [0, 0.05) is 18.7 Å². The predicted molar refractivity (Wildman–Crippen MR) is 84.1 cm³/mol. The van der Waals surface area contributed by atoms with Crippen LogP contribution in [0.5, 0.6) is 5.75 Å². The number of nitro benzene ring substituents is 1. The van der Waals surface area contributed by atoms with Crippen LogP contribution in [0.1, 0.15) is 20.8 Å². The van der Waals surface area contributed by atoms with E-state index in [1.807, 2.05) is 20.8 Å². The highest BCUT2D eigenvalue weighted by atomic mass is 16.6. The summed E-state index contributed by atoms with van der Waals surface area (Å²) >= 11 is 0. The first kappa shape index (κ1) is 18.4. The van der Waals surface area contributed by atoms with E-state index >= 15 is 0 Å². The van der Waals surface area contributed by atoms with E-state index in [9.17, 15) is 19.7 Å². The lowest BCUT2D eigenvalue weighted by Crippen LogP contribution is -2.47. The maximum absolute atomic E-state index is 11.9. The number of hydrogen-bond acceptors (Lipinski definition) is 5. The first-order chi connectivity index (χ1) is 10.6. The molecule has 0 aliphatic carbocycles. The fourth-order valence-electron chi connectivity index (χ4n) is 1.74. The molecule has 0 unspecified atom stereocenters. The van der Waals surface area contributed by atoms with Gasteiger partial charge in [-0.2, -0.15) is 0 Å². The van der Waals surface area contributed by atoms with Crippen molar-refractivity contribution in [1.29, 1.82) is 0 Å². The summed E-state index contributed by atoms with van der Waals surface area (Å²) in [6.07, 6.45) is 0. The summed E-state index contributed by atoms with van der Waals surface area (Å²) in [5, 5.41) is 13.6. The van der Waals surface area contributed by atoms with Gasteiger partial charge in [0.2, 0.25) is 5.91 Å². The standard InChI is InChI=1S/C15H21N3O5/c1-15(2,3)16-13(19)9-17(4)14(20)10-23-12-8-6-5-7-11(12)18(21)22/h5-8H,9-10H2,1-4H3,(H,16,19). The van der Waals surface area contributed by atoms with E-state index in [1.54, 1.807) is 6.07 Å². The Kier molecular flexibility index (Phi) is 6.06. The van der Waals surface area contributed by atoms with Gasteiger partial charge in [0.05, 0.1) is 11.5 Å². The maximum atomic E-state index is 11.9. The lowest BCUT2D eigenvalue weighted by atomic mass is 10.1. The number of carbonyl (C=O) groups excluding carboxylic acids is 2. The van der Waals surface area contributed by atoms with Crippen LogP contribution in [0.2, 0.25) is 0 Å². The van der Waals surface area contributed by atoms with Crippen molar-refractivity contribution in [2.45, 2.75) is 26.3 Å². The van der Waals surface area contributed by atoms with Gasteiger partial charge in [-0.1, -0.05) is 12.1 Å². The molecule has 0 radical (unpaired) electrons. The van der Waals surface area contributed by atoms with Crippen molar-refractivity contribution in [2.75, 3.05) is 20.2 Å². The molecule has 2 amide bonds. The highest BCUT2D eigenvalue weighted by Crippen LogP contribution is 2.25. The highest BCUT2D eigenvalue weighted by Gasteiger charge is 2.19.